The zero-order valence-corrected chi connectivity index (χ0v) is 11.6. The van der Waals surface area contributed by atoms with Crippen LogP contribution >= 0.6 is 27.3 Å². The van der Waals surface area contributed by atoms with Crippen LogP contribution in [0.4, 0.5) is 0 Å². The van der Waals surface area contributed by atoms with Crippen molar-refractivity contribution in [3.63, 3.8) is 0 Å². The van der Waals surface area contributed by atoms with Gasteiger partial charge in [0.15, 0.2) is 0 Å². The Bertz CT molecular complexity index is 496. The molecule has 0 saturated carbocycles. The number of halogens is 1. The number of alkyl halides is 1. The van der Waals surface area contributed by atoms with Gasteiger partial charge in [-0.1, -0.05) is 28.1 Å². The van der Waals surface area contributed by atoms with Crippen LogP contribution in [0, 0.1) is 6.92 Å². The van der Waals surface area contributed by atoms with Gasteiger partial charge in [0.25, 0.3) is 0 Å². The van der Waals surface area contributed by atoms with Gasteiger partial charge in [-0.2, -0.15) is 0 Å². The molecule has 0 spiro atoms. The second-order valence-electron chi connectivity index (χ2n) is 3.37. The lowest BCUT2D eigenvalue weighted by atomic mass is 10.1. The van der Waals surface area contributed by atoms with E-state index in [0.29, 0.717) is 0 Å². The normalized spacial score (nSPS) is 10.4. The minimum Gasteiger partial charge on any atom is -0.497 e. The summed E-state index contributed by atoms with van der Waals surface area (Å²) in [5.41, 5.74) is 2.26. The predicted molar refractivity (Wildman–Crippen MR) is 71.5 cm³/mol. The minimum atomic E-state index is 0.782. The lowest BCUT2D eigenvalue weighted by Crippen LogP contribution is -1.85. The minimum absolute atomic E-state index is 0.782. The first-order chi connectivity index (χ1) is 7.74. The second-order valence-corrected chi connectivity index (χ2v) is 5.14. The molecule has 1 aromatic carbocycles. The number of methoxy groups -OCH3 is 1. The monoisotopic (exact) mass is 297 g/mol. The van der Waals surface area contributed by atoms with Gasteiger partial charge >= 0.3 is 0 Å². The summed E-state index contributed by atoms with van der Waals surface area (Å²) in [6, 6.07) is 8.08. The first kappa shape index (κ1) is 11.6. The number of nitrogens with zero attached hydrogens (tertiary/aromatic N) is 1. The van der Waals surface area contributed by atoms with Crippen molar-refractivity contribution in [3.05, 3.63) is 35.0 Å². The lowest BCUT2D eigenvalue weighted by Gasteiger charge is -2.03. The smallest absolute Gasteiger partial charge is 0.119 e. The fourth-order valence-electron chi connectivity index (χ4n) is 1.55. The molecule has 84 valence electrons. The molecular weight excluding hydrogens is 286 g/mol. The van der Waals surface area contributed by atoms with Gasteiger partial charge in [-0.25, -0.2) is 4.98 Å². The standard InChI is InChI=1S/C12H12BrNOS/c1-8-14-11(7-13)12(16-8)9-4-3-5-10(6-9)15-2/h3-6H,7H2,1-2H3. The molecule has 0 unspecified atom stereocenters. The highest BCUT2D eigenvalue weighted by Gasteiger charge is 2.10. The van der Waals surface area contributed by atoms with Crippen molar-refractivity contribution in [2.75, 3.05) is 7.11 Å². The zero-order chi connectivity index (χ0) is 11.5. The first-order valence-electron chi connectivity index (χ1n) is 4.91. The average molecular weight is 298 g/mol. The third kappa shape index (κ3) is 2.28. The Morgan fingerprint density at radius 2 is 2.25 bits per heavy atom. The molecule has 0 radical (unpaired) electrons. The van der Waals surface area contributed by atoms with Crippen LogP contribution in [0.3, 0.4) is 0 Å². The van der Waals surface area contributed by atoms with E-state index in [-0.39, 0.29) is 0 Å². The van der Waals surface area contributed by atoms with Crippen LogP contribution in [0.15, 0.2) is 24.3 Å². The summed E-state index contributed by atoms with van der Waals surface area (Å²) in [6.45, 7) is 2.03. The summed E-state index contributed by atoms with van der Waals surface area (Å²) in [5, 5.41) is 1.87. The van der Waals surface area contributed by atoms with Gasteiger partial charge in [0.2, 0.25) is 0 Å². The summed E-state index contributed by atoms with van der Waals surface area (Å²) >= 11 is 5.18. The van der Waals surface area contributed by atoms with Crippen molar-refractivity contribution in [1.29, 1.82) is 0 Å². The third-order valence-electron chi connectivity index (χ3n) is 2.26. The lowest BCUT2D eigenvalue weighted by molar-refractivity contribution is 0.415. The van der Waals surface area contributed by atoms with E-state index >= 15 is 0 Å². The van der Waals surface area contributed by atoms with E-state index in [9.17, 15) is 0 Å². The van der Waals surface area contributed by atoms with Crippen LogP contribution in [0.1, 0.15) is 10.7 Å². The summed E-state index contributed by atoms with van der Waals surface area (Å²) in [5.74, 6) is 0.879. The number of hydrogen-bond donors (Lipinski definition) is 0. The van der Waals surface area contributed by atoms with Gasteiger partial charge in [-0.3, -0.25) is 0 Å². The zero-order valence-electron chi connectivity index (χ0n) is 9.16. The molecule has 0 fully saturated rings. The predicted octanol–water partition coefficient (Wildman–Crippen LogP) is 4.02. The van der Waals surface area contributed by atoms with Crippen molar-refractivity contribution < 1.29 is 4.74 Å². The number of ether oxygens (including phenoxy) is 1. The highest BCUT2D eigenvalue weighted by molar-refractivity contribution is 9.08. The van der Waals surface area contributed by atoms with E-state index < -0.39 is 0 Å². The molecule has 0 atom stereocenters. The molecule has 0 bridgehead atoms. The van der Waals surface area contributed by atoms with E-state index in [1.807, 2.05) is 25.1 Å². The number of hydrogen-bond acceptors (Lipinski definition) is 3. The Balaban J connectivity index is 2.48. The molecule has 2 aromatic rings. The van der Waals surface area contributed by atoms with Crippen LogP contribution in [0.5, 0.6) is 5.75 Å². The van der Waals surface area contributed by atoms with E-state index in [2.05, 4.69) is 27.0 Å². The van der Waals surface area contributed by atoms with Crippen molar-refractivity contribution >= 4 is 27.3 Å². The maximum Gasteiger partial charge on any atom is 0.119 e. The fraction of sp³-hybridized carbons (Fsp3) is 0.250. The molecule has 0 saturated heterocycles. The van der Waals surface area contributed by atoms with Crippen LogP contribution in [-0.4, -0.2) is 12.1 Å². The molecular formula is C12H12BrNOS. The van der Waals surface area contributed by atoms with Crippen molar-refractivity contribution in [3.8, 4) is 16.2 Å². The van der Waals surface area contributed by atoms with Crippen molar-refractivity contribution in [1.82, 2.24) is 4.98 Å². The molecule has 0 aliphatic carbocycles. The van der Waals surface area contributed by atoms with Crippen molar-refractivity contribution in [2.24, 2.45) is 0 Å². The topological polar surface area (TPSA) is 22.1 Å². The summed E-state index contributed by atoms with van der Waals surface area (Å²) < 4.78 is 5.23. The quantitative estimate of drug-likeness (QED) is 0.798. The molecule has 2 nitrogen and oxygen atoms in total. The molecule has 4 heteroatoms. The van der Waals surface area contributed by atoms with E-state index in [4.69, 9.17) is 4.74 Å². The molecule has 1 heterocycles. The Kier molecular flexibility index (Phi) is 3.61. The molecule has 0 amide bonds. The Hall–Kier alpha value is -0.870. The van der Waals surface area contributed by atoms with Gasteiger partial charge in [-0.05, 0) is 24.6 Å². The summed E-state index contributed by atoms with van der Waals surface area (Å²) in [6.07, 6.45) is 0. The van der Waals surface area contributed by atoms with E-state index in [1.54, 1.807) is 18.4 Å². The average Bonchev–Trinajstić information content (AvgIpc) is 2.70. The third-order valence-corrected chi connectivity index (χ3v) is 3.86. The number of benzene rings is 1. The van der Waals surface area contributed by atoms with Gasteiger partial charge in [-0.15, -0.1) is 11.3 Å². The Morgan fingerprint density at radius 3 is 2.94 bits per heavy atom. The van der Waals surface area contributed by atoms with Gasteiger partial charge in [0, 0.05) is 5.33 Å². The molecule has 0 aliphatic heterocycles. The molecule has 2 rings (SSSR count). The Morgan fingerprint density at radius 1 is 1.44 bits per heavy atom. The summed E-state index contributed by atoms with van der Waals surface area (Å²) in [4.78, 5) is 5.71. The maximum absolute atomic E-state index is 5.23. The largest absolute Gasteiger partial charge is 0.497 e. The van der Waals surface area contributed by atoms with Crippen molar-refractivity contribution in [2.45, 2.75) is 12.3 Å². The van der Waals surface area contributed by atoms with Crippen LogP contribution in [0.25, 0.3) is 10.4 Å². The molecule has 0 N–H and O–H groups in total. The molecule has 1 aromatic heterocycles. The second kappa shape index (κ2) is 4.97. The molecule has 16 heavy (non-hydrogen) atoms. The van der Waals surface area contributed by atoms with Gasteiger partial charge in [0.05, 0.1) is 22.7 Å². The van der Waals surface area contributed by atoms with Crippen LogP contribution in [0.2, 0.25) is 0 Å². The van der Waals surface area contributed by atoms with Crippen LogP contribution < -0.4 is 4.74 Å². The maximum atomic E-state index is 5.23. The van der Waals surface area contributed by atoms with E-state index in [1.165, 1.54) is 10.4 Å². The van der Waals surface area contributed by atoms with E-state index in [0.717, 1.165) is 21.8 Å². The van der Waals surface area contributed by atoms with Gasteiger partial charge < -0.3 is 4.74 Å². The molecule has 0 aliphatic rings. The number of rotatable bonds is 3. The summed E-state index contributed by atoms with van der Waals surface area (Å²) in [7, 11) is 1.68. The number of thiazole rings is 1. The fourth-order valence-corrected chi connectivity index (χ4v) is 3.07. The van der Waals surface area contributed by atoms with Gasteiger partial charge in [0.1, 0.15) is 5.75 Å². The highest BCUT2D eigenvalue weighted by Crippen LogP contribution is 2.33. The Labute approximate surface area is 107 Å². The number of aryl methyl sites for hydroxylation is 1. The first-order valence-corrected chi connectivity index (χ1v) is 6.85. The SMILES string of the molecule is COc1cccc(-c2sc(C)nc2CBr)c1. The highest BCUT2D eigenvalue weighted by atomic mass is 79.9. The number of aromatic nitrogens is 1. The van der Waals surface area contributed by atoms with Crippen LogP contribution in [-0.2, 0) is 5.33 Å².